The number of rotatable bonds is 3. The molecule has 0 radical (unpaired) electrons. The average molecular weight is 323 g/mol. The van der Waals surface area contributed by atoms with Crippen molar-refractivity contribution >= 4 is 11.7 Å². The van der Waals surface area contributed by atoms with Gasteiger partial charge in [-0.25, -0.2) is 0 Å². The van der Waals surface area contributed by atoms with Gasteiger partial charge in [-0.05, 0) is 11.0 Å². The van der Waals surface area contributed by atoms with E-state index in [4.69, 9.17) is 0 Å². The zero-order valence-electron chi connectivity index (χ0n) is 12.6. The molecule has 1 saturated carbocycles. The first-order valence-electron chi connectivity index (χ1n) is 7.19. The van der Waals surface area contributed by atoms with Crippen molar-refractivity contribution < 1.29 is 18.0 Å². The molecule has 1 aliphatic carbocycles. The van der Waals surface area contributed by atoms with E-state index in [1.165, 1.54) is 0 Å². The Hall–Kier alpha value is -2.31. The highest BCUT2D eigenvalue weighted by molar-refractivity contribution is 5.95. The first kappa shape index (κ1) is 15.6. The van der Waals surface area contributed by atoms with Crippen LogP contribution in [0.3, 0.4) is 0 Å². The number of hydrogen-bond acceptors (Lipinski definition) is 2. The Kier molecular flexibility index (Phi) is 3.46. The number of hydrogen-bond donors (Lipinski definition) is 2. The number of aromatic nitrogens is 2. The number of nitrogens with one attached hydrogen (secondary N) is 2. The molecule has 1 aromatic heterocycles. The fourth-order valence-corrected chi connectivity index (χ4v) is 3.15. The summed E-state index contributed by atoms with van der Waals surface area (Å²) in [6.07, 6.45) is -4.54. The second-order valence-corrected chi connectivity index (χ2v) is 6.34. The van der Waals surface area contributed by atoms with Gasteiger partial charge in [-0.2, -0.15) is 18.3 Å². The number of alkyl halides is 3. The van der Waals surface area contributed by atoms with Crippen LogP contribution in [0.25, 0.3) is 0 Å². The Labute approximate surface area is 131 Å². The largest absolute Gasteiger partial charge is 0.435 e. The van der Waals surface area contributed by atoms with E-state index < -0.39 is 11.9 Å². The highest BCUT2D eigenvalue weighted by Crippen LogP contribution is 2.64. The third-order valence-corrected chi connectivity index (χ3v) is 4.39. The maximum Gasteiger partial charge on any atom is 0.435 e. The van der Waals surface area contributed by atoms with Gasteiger partial charge in [0.25, 0.3) is 0 Å². The van der Waals surface area contributed by atoms with Crippen LogP contribution < -0.4 is 5.32 Å². The number of nitrogens with zero attached hydrogens (tertiary/aromatic N) is 1. The first-order chi connectivity index (χ1) is 10.7. The van der Waals surface area contributed by atoms with E-state index in [0.29, 0.717) is 0 Å². The van der Waals surface area contributed by atoms with Crippen LogP contribution in [0.2, 0.25) is 0 Å². The number of H-pyrrole nitrogens is 1. The lowest BCUT2D eigenvalue weighted by molar-refractivity contribution is -0.141. The summed E-state index contributed by atoms with van der Waals surface area (Å²) in [4.78, 5) is 12.4. The maximum absolute atomic E-state index is 12.5. The van der Waals surface area contributed by atoms with Crippen LogP contribution in [-0.4, -0.2) is 16.1 Å². The third kappa shape index (κ3) is 2.83. The molecule has 2 aromatic rings. The Bertz CT molecular complexity index is 722. The van der Waals surface area contributed by atoms with Crippen LogP contribution in [-0.2, 0) is 11.0 Å². The smallest absolute Gasteiger partial charge is 0.311 e. The molecule has 0 aliphatic heterocycles. The van der Waals surface area contributed by atoms with E-state index in [9.17, 15) is 18.0 Å². The minimum absolute atomic E-state index is 0.0446. The monoisotopic (exact) mass is 323 g/mol. The molecule has 1 amide bonds. The summed E-state index contributed by atoms with van der Waals surface area (Å²) in [7, 11) is 0. The van der Waals surface area contributed by atoms with E-state index in [1.54, 1.807) is 0 Å². The van der Waals surface area contributed by atoms with Gasteiger partial charge in [-0.15, -0.1) is 0 Å². The first-order valence-corrected chi connectivity index (χ1v) is 7.19. The minimum Gasteiger partial charge on any atom is -0.311 e. The second kappa shape index (κ2) is 5.11. The van der Waals surface area contributed by atoms with Crippen LogP contribution in [0, 0.1) is 11.3 Å². The van der Waals surface area contributed by atoms with Gasteiger partial charge in [-0.1, -0.05) is 44.2 Å². The number of benzene rings is 1. The molecule has 1 heterocycles. The van der Waals surface area contributed by atoms with Gasteiger partial charge in [0.05, 0.1) is 5.92 Å². The van der Waals surface area contributed by atoms with Crippen molar-refractivity contribution in [1.29, 1.82) is 0 Å². The molecule has 23 heavy (non-hydrogen) atoms. The molecule has 7 heteroatoms. The summed E-state index contributed by atoms with van der Waals surface area (Å²) in [6.45, 7) is 3.95. The molecule has 4 nitrogen and oxygen atoms in total. The van der Waals surface area contributed by atoms with Crippen LogP contribution in [0.5, 0.6) is 0 Å². The molecule has 0 saturated heterocycles. The van der Waals surface area contributed by atoms with Crippen LogP contribution in [0.4, 0.5) is 19.0 Å². The maximum atomic E-state index is 12.5. The minimum atomic E-state index is -4.54. The van der Waals surface area contributed by atoms with Crippen molar-refractivity contribution in [2.45, 2.75) is 25.9 Å². The fraction of sp³-hybridized carbons (Fsp3) is 0.375. The van der Waals surface area contributed by atoms with Crippen molar-refractivity contribution in [3.05, 3.63) is 47.7 Å². The average Bonchev–Trinajstić information content (AvgIpc) is 2.82. The summed E-state index contributed by atoms with van der Waals surface area (Å²) in [5, 5.41) is 7.87. The molecule has 1 aromatic carbocycles. The molecule has 2 atom stereocenters. The predicted octanol–water partition coefficient (Wildman–Crippen LogP) is 3.81. The normalized spacial score (nSPS) is 22.7. The fourth-order valence-electron chi connectivity index (χ4n) is 3.15. The number of halogens is 3. The number of amides is 1. The molecule has 2 N–H and O–H groups in total. The van der Waals surface area contributed by atoms with Crippen LogP contribution in [0.15, 0.2) is 36.4 Å². The van der Waals surface area contributed by atoms with E-state index in [1.807, 2.05) is 44.2 Å². The highest BCUT2D eigenvalue weighted by atomic mass is 19.4. The summed E-state index contributed by atoms with van der Waals surface area (Å²) in [5.74, 6) is -0.589. The zero-order chi connectivity index (χ0) is 16.8. The quantitative estimate of drug-likeness (QED) is 0.902. The predicted molar refractivity (Wildman–Crippen MR) is 78.7 cm³/mol. The Morgan fingerprint density at radius 1 is 1.26 bits per heavy atom. The van der Waals surface area contributed by atoms with Gasteiger partial charge in [0.2, 0.25) is 5.91 Å². The summed E-state index contributed by atoms with van der Waals surface area (Å²) in [5.41, 5.74) is -0.237. The van der Waals surface area contributed by atoms with Gasteiger partial charge in [0, 0.05) is 12.0 Å². The number of anilines is 1. The SMILES string of the molecule is CC1(C)[C@H](C(=O)Nc2cc(C(F)(F)F)n[nH]2)[C@H]1c1ccccc1. The number of aromatic amines is 1. The zero-order valence-corrected chi connectivity index (χ0v) is 12.6. The van der Waals surface area contributed by atoms with Crippen LogP contribution >= 0.6 is 0 Å². The van der Waals surface area contributed by atoms with Crippen molar-refractivity contribution in [3.63, 3.8) is 0 Å². The molecule has 0 unspecified atom stereocenters. The molecule has 0 spiro atoms. The van der Waals surface area contributed by atoms with E-state index >= 15 is 0 Å². The van der Waals surface area contributed by atoms with E-state index in [-0.39, 0.29) is 29.0 Å². The van der Waals surface area contributed by atoms with Crippen molar-refractivity contribution in [2.75, 3.05) is 5.32 Å². The molecular weight excluding hydrogens is 307 g/mol. The van der Waals surface area contributed by atoms with Gasteiger partial charge >= 0.3 is 6.18 Å². The molecule has 122 valence electrons. The Morgan fingerprint density at radius 3 is 2.48 bits per heavy atom. The second-order valence-electron chi connectivity index (χ2n) is 6.34. The van der Waals surface area contributed by atoms with E-state index in [2.05, 4.69) is 15.5 Å². The van der Waals surface area contributed by atoms with Crippen LogP contribution in [0.1, 0.15) is 31.0 Å². The standard InChI is InChI=1S/C16H16F3N3O/c1-15(2)12(9-6-4-3-5-7-9)13(15)14(23)20-11-8-10(21-22-11)16(17,18)19/h3-8,12-13H,1-2H3,(H2,20,21,22,23)/t12-,13+/m1/s1. The topological polar surface area (TPSA) is 57.8 Å². The Balaban J connectivity index is 1.73. The van der Waals surface area contributed by atoms with Crippen molar-refractivity contribution in [1.82, 2.24) is 10.2 Å². The highest BCUT2D eigenvalue weighted by Gasteiger charge is 2.62. The third-order valence-electron chi connectivity index (χ3n) is 4.39. The lowest BCUT2D eigenvalue weighted by Crippen LogP contribution is -2.17. The van der Waals surface area contributed by atoms with Gasteiger partial charge < -0.3 is 5.32 Å². The van der Waals surface area contributed by atoms with Gasteiger partial charge in [0.1, 0.15) is 5.82 Å². The molecule has 3 rings (SSSR count). The van der Waals surface area contributed by atoms with Gasteiger partial charge in [-0.3, -0.25) is 9.89 Å². The Morgan fingerprint density at radius 2 is 1.91 bits per heavy atom. The molecular formula is C16H16F3N3O. The van der Waals surface area contributed by atoms with E-state index in [0.717, 1.165) is 11.6 Å². The number of carbonyl (C=O) groups is 1. The van der Waals surface area contributed by atoms with Gasteiger partial charge in [0.15, 0.2) is 5.69 Å². The van der Waals surface area contributed by atoms with Crippen molar-refractivity contribution in [2.24, 2.45) is 11.3 Å². The summed E-state index contributed by atoms with van der Waals surface area (Å²) < 4.78 is 37.6. The lowest BCUT2D eigenvalue weighted by atomic mass is 10.0. The summed E-state index contributed by atoms with van der Waals surface area (Å²) >= 11 is 0. The van der Waals surface area contributed by atoms with Crippen molar-refractivity contribution in [3.8, 4) is 0 Å². The number of carbonyl (C=O) groups excluding carboxylic acids is 1. The molecule has 0 bridgehead atoms. The summed E-state index contributed by atoms with van der Waals surface area (Å²) in [6, 6.07) is 10.4. The molecule has 1 fully saturated rings. The molecule has 1 aliphatic rings. The lowest BCUT2D eigenvalue weighted by Gasteiger charge is -2.03.